The van der Waals surface area contributed by atoms with Crippen molar-refractivity contribution in [2.75, 3.05) is 39.3 Å². The van der Waals surface area contributed by atoms with Gasteiger partial charge >= 0.3 is 0 Å². The first-order valence-corrected chi connectivity index (χ1v) is 15.2. The molecule has 0 aromatic carbocycles. The third-order valence-corrected chi connectivity index (χ3v) is 6.39. The zero-order valence-corrected chi connectivity index (χ0v) is 25.5. The monoisotopic (exact) mass is 602 g/mol. The van der Waals surface area contributed by atoms with E-state index in [1.54, 1.807) is 0 Å². The lowest BCUT2D eigenvalue weighted by atomic mass is 10.1. The number of rotatable bonds is 25. The van der Waals surface area contributed by atoms with Gasteiger partial charge in [-0.3, -0.25) is 39.6 Å². The van der Waals surface area contributed by atoms with Gasteiger partial charge in [0.1, 0.15) is 0 Å². The molecule has 0 saturated carbocycles. The van der Waals surface area contributed by atoms with Crippen molar-refractivity contribution in [3.05, 3.63) is 0 Å². The number of hydrogen-bond acceptors (Lipinski definition) is 9. The molecule has 244 valence electrons. The minimum atomic E-state index is -0.547. The molecular formula is C28H54N6O8. The van der Waals surface area contributed by atoms with Crippen molar-refractivity contribution < 1.29 is 39.6 Å². The SMILES string of the molecule is CC(C)CC(=O)N(O)CCCCCNC(=O)CCC(=O)N(O)CCCCCNC(=O)CCC(=O)N(O)CCCCCN. The fraction of sp³-hybridized carbons (Fsp3) is 0.821. The van der Waals surface area contributed by atoms with Gasteiger partial charge in [0.05, 0.1) is 0 Å². The molecule has 0 fully saturated rings. The largest absolute Gasteiger partial charge is 0.356 e. The topological polar surface area (TPSA) is 206 Å². The Morgan fingerprint density at radius 1 is 0.571 bits per heavy atom. The van der Waals surface area contributed by atoms with Gasteiger partial charge in [0, 0.05) is 64.8 Å². The Balaban J connectivity index is 3.78. The molecule has 0 aromatic rings. The highest BCUT2D eigenvalue weighted by atomic mass is 16.5. The third kappa shape index (κ3) is 21.9. The Morgan fingerprint density at radius 3 is 1.33 bits per heavy atom. The number of carbonyl (C=O) groups is 5. The standard InChI is InChI=1S/C28H54N6O8/c1-23(2)22-28(39)34(42)21-11-5-8-18-31-25(36)13-15-27(38)33(41)20-10-4-7-17-30-24(35)12-14-26(37)32(40)19-9-3-6-16-29/h23,40-42H,3-22,29H2,1-2H3,(H,30,35)(H,31,36). The number of nitrogens with one attached hydrogen (secondary N) is 2. The number of hydrogen-bond donors (Lipinski definition) is 6. The molecule has 0 heterocycles. The highest BCUT2D eigenvalue weighted by molar-refractivity contribution is 5.83. The quantitative estimate of drug-likeness (QED) is 0.0512. The van der Waals surface area contributed by atoms with E-state index in [2.05, 4.69) is 10.6 Å². The fourth-order valence-corrected chi connectivity index (χ4v) is 3.87. The number of amides is 5. The summed E-state index contributed by atoms with van der Waals surface area (Å²) in [6.07, 6.45) is 6.13. The van der Waals surface area contributed by atoms with Crippen molar-refractivity contribution in [1.29, 1.82) is 0 Å². The van der Waals surface area contributed by atoms with E-state index in [4.69, 9.17) is 5.73 Å². The molecule has 14 nitrogen and oxygen atoms in total. The average Bonchev–Trinajstić information content (AvgIpc) is 2.95. The molecule has 0 saturated heterocycles. The first-order valence-electron chi connectivity index (χ1n) is 15.2. The summed E-state index contributed by atoms with van der Waals surface area (Å²) < 4.78 is 0. The molecular weight excluding hydrogens is 548 g/mol. The third-order valence-electron chi connectivity index (χ3n) is 6.39. The molecule has 0 aliphatic carbocycles. The summed E-state index contributed by atoms with van der Waals surface area (Å²) in [4.78, 5) is 59.4. The van der Waals surface area contributed by atoms with Crippen LogP contribution in [0.15, 0.2) is 0 Å². The molecule has 0 unspecified atom stereocenters. The maximum atomic E-state index is 12.0. The van der Waals surface area contributed by atoms with Crippen molar-refractivity contribution in [3.63, 3.8) is 0 Å². The molecule has 5 amide bonds. The van der Waals surface area contributed by atoms with E-state index in [0.29, 0.717) is 74.7 Å². The lowest BCUT2D eigenvalue weighted by molar-refractivity contribution is -0.166. The van der Waals surface area contributed by atoms with E-state index >= 15 is 0 Å². The molecule has 0 rings (SSSR count). The maximum Gasteiger partial charge on any atom is 0.246 e. The van der Waals surface area contributed by atoms with E-state index in [1.165, 1.54) is 0 Å². The molecule has 42 heavy (non-hydrogen) atoms. The van der Waals surface area contributed by atoms with Crippen molar-refractivity contribution in [1.82, 2.24) is 25.8 Å². The van der Waals surface area contributed by atoms with Crippen LogP contribution >= 0.6 is 0 Å². The van der Waals surface area contributed by atoms with Gasteiger partial charge in [0.2, 0.25) is 29.5 Å². The molecule has 7 N–H and O–H groups in total. The van der Waals surface area contributed by atoms with Crippen LogP contribution in [0.4, 0.5) is 0 Å². The lowest BCUT2D eigenvalue weighted by Crippen LogP contribution is -2.31. The maximum absolute atomic E-state index is 12.0. The number of nitrogens with zero attached hydrogens (tertiary/aromatic N) is 3. The highest BCUT2D eigenvalue weighted by Crippen LogP contribution is 2.05. The Hall–Kier alpha value is -2.81. The highest BCUT2D eigenvalue weighted by Gasteiger charge is 2.15. The Morgan fingerprint density at radius 2 is 0.952 bits per heavy atom. The minimum Gasteiger partial charge on any atom is -0.356 e. The van der Waals surface area contributed by atoms with Crippen LogP contribution in [-0.4, -0.2) is 99.6 Å². The van der Waals surface area contributed by atoms with Crippen LogP contribution in [0.5, 0.6) is 0 Å². The molecule has 0 atom stereocenters. The molecule has 0 radical (unpaired) electrons. The summed E-state index contributed by atoms with van der Waals surface area (Å²) in [5.41, 5.74) is 5.40. The molecule has 0 bridgehead atoms. The number of unbranched alkanes of at least 4 members (excludes halogenated alkanes) is 6. The summed E-state index contributed by atoms with van der Waals surface area (Å²) in [6.45, 7) is 5.77. The summed E-state index contributed by atoms with van der Waals surface area (Å²) >= 11 is 0. The van der Waals surface area contributed by atoms with Gasteiger partial charge in [-0.05, 0) is 63.8 Å². The second kappa shape index (κ2) is 24.8. The fourth-order valence-electron chi connectivity index (χ4n) is 3.87. The number of carbonyl (C=O) groups excluding carboxylic acids is 5. The predicted octanol–water partition coefficient (Wildman–Crippen LogP) is 1.95. The van der Waals surface area contributed by atoms with Crippen LogP contribution in [0.25, 0.3) is 0 Å². The summed E-state index contributed by atoms with van der Waals surface area (Å²) in [5, 5.41) is 36.7. The zero-order chi connectivity index (χ0) is 31.8. The van der Waals surface area contributed by atoms with E-state index in [9.17, 15) is 39.6 Å². The van der Waals surface area contributed by atoms with E-state index in [1.807, 2.05) is 13.8 Å². The van der Waals surface area contributed by atoms with Crippen molar-refractivity contribution in [2.45, 2.75) is 104 Å². The number of hydroxylamine groups is 6. The number of nitrogens with two attached hydrogens (primary N) is 1. The molecule has 0 aliphatic rings. The smallest absolute Gasteiger partial charge is 0.246 e. The predicted molar refractivity (Wildman–Crippen MR) is 155 cm³/mol. The molecule has 14 heteroatoms. The van der Waals surface area contributed by atoms with Gasteiger partial charge in [-0.2, -0.15) is 0 Å². The molecule has 0 aromatic heterocycles. The Bertz CT molecular complexity index is 798. The second-order valence-electron chi connectivity index (χ2n) is 10.8. The zero-order valence-electron chi connectivity index (χ0n) is 25.5. The van der Waals surface area contributed by atoms with Gasteiger partial charge < -0.3 is 16.4 Å². The van der Waals surface area contributed by atoms with Gasteiger partial charge in [0.15, 0.2) is 0 Å². The molecule has 0 spiro atoms. The second-order valence-corrected chi connectivity index (χ2v) is 10.8. The average molecular weight is 603 g/mol. The van der Waals surface area contributed by atoms with Gasteiger partial charge in [0.25, 0.3) is 0 Å². The first-order chi connectivity index (χ1) is 20.0. The summed E-state index contributed by atoms with van der Waals surface area (Å²) in [7, 11) is 0. The van der Waals surface area contributed by atoms with E-state index < -0.39 is 11.8 Å². The van der Waals surface area contributed by atoms with Gasteiger partial charge in [-0.15, -0.1) is 0 Å². The van der Waals surface area contributed by atoms with Crippen LogP contribution in [0.1, 0.15) is 104 Å². The van der Waals surface area contributed by atoms with Gasteiger partial charge in [-0.1, -0.05) is 20.3 Å². The van der Waals surface area contributed by atoms with Crippen LogP contribution in [0, 0.1) is 5.92 Å². The Kier molecular flexibility index (Phi) is 23.1. The van der Waals surface area contributed by atoms with Crippen LogP contribution in [-0.2, 0) is 24.0 Å². The van der Waals surface area contributed by atoms with Gasteiger partial charge in [-0.25, -0.2) is 15.2 Å². The lowest BCUT2D eigenvalue weighted by Gasteiger charge is -2.16. The van der Waals surface area contributed by atoms with Crippen LogP contribution < -0.4 is 16.4 Å². The summed E-state index contributed by atoms with van der Waals surface area (Å²) in [5.74, 6) is -1.75. The normalized spacial score (nSPS) is 10.8. The first kappa shape index (κ1) is 39.2. The van der Waals surface area contributed by atoms with Crippen molar-refractivity contribution in [3.8, 4) is 0 Å². The summed E-state index contributed by atoms with van der Waals surface area (Å²) in [6, 6.07) is 0. The van der Waals surface area contributed by atoms with E-state index in [0.717, 1.165) is 24.3 Å². The van der Waals surface area contributed by atoms with Crippen molar-refractivity contribution >= 4 is 29.5 Å². The Labute approximate surface area is 249 Å². The molecule has 0 aliphatic heterocycles. The van der Waals surface area contributed by atoms with E-state index in [-0.39, 0.29) is 69.0 Å². The van der Waals surface area contributed by atoms with Crippen LogP contribution in [0.2, 0.25) is 0 Å². The van der Waals surface area contributed by atoms with Crippen LogP contribution in [0.3, 0.4) is 0 Å². The van der Waals surface area contributed by atoms with Crippen molar-refractivity contribution in [2.24, 2.45) is 11.7 Å². The minimum absolute atomic E-state index is 0.0195.